The predicted octanol–water partition coefficient (Wildman–Crippen LogP) is 2.06. The summed E-state index contributed by atoms with van der Waals surface area (Å²) < 4.78 is 21.6. The van der Waals surface area contributed by atoms with Crippen molar-refractivity contribution in [2.45, 2.75) is 5.78 Å². The van der Waals surface area contributed by atoms with E-state index in [2.05, 4.69) is 0 Å². The van der Waals surface area contributed by atoms with Crippen LogP contribution >= 0.6 is 7.60 Å². The minimum atomic E-state index is -3.58. The summed E-state index contributed by atoms with van der Waals surface area (Å²) in [5, 5.41) is 19.5. The number of hydrogen-bond donors (Lipinski definition) is 2. The van der Waals surface area contributed by atoms with Crippen LogP contribution < -0.4 is 5.48 Å². The molecule has 8 nitrogen and oxygen atoms in total. The first-order valence-electron chi connectivity index (χ1n) is 4.83. The van der Waals surface area contributed by atoms with Crippen molar-refractivity contribution in [1.82, 2.24) is 5.48 Å². The highest BCUT2D eigenvalue weighted by Gasteiger charge is 2.35. The molecule has 1 unspecified atom stereocenters. The van der Waals surface area contributed by atoms with Gasteiger partial charge in [-0.1, -0.05) is 0 Å². The lowest BCUT2D eigenvalue weighted by atomic mass is 10.2. The number of rotatable bonds is 6. The fourth-order valence-electron chi connectivity index (χ4n) is 1.39. The minimum absolute atomic E-state index is 0.111. The lowest BCUT2D eigenvalue weighted by molar-refractivity contribution is -0.384. The molecule has 0 aliphatic heterocycles. The number of non-ortho nitro benzene ring substituents is 1. The quantitative estimate of drug-likeness (QED) is 0.464. The van der Waals surface area contributed by atoms with Crippen molar-refractivity contribution >= 4 is 13.3 Å². The first-order valence-corrected chi connectivity index (χ1v) is 6.45. The molecule has 1 atom stereocenters. The van der Waals surface area contributed by atoms with E-state index in [0.717, 1.165) is 0 Å². The molecule has 2 N–H and O–H groups in total. The van der Waals surface area contributed by atoms with Gasteiger partial charge < -0.3 is 14.3 Å². The minimum Gasteiger partial charge on any atom is -0.316 e. The van der Waals surface area contributed by atoms with Crippen LogP contribution in [0.4, 0.5) is 5.69 Å². The molecule has 18 heavy (non-hydrogen) atoms. The third kappa shape index (κ3) is 2.92. The second-order valence-electron chi connectivity index (χ2n) is 3.29. The highest BCUT2D eigenvalue weighted by molar-refractivity contribution is 7.54. The second-order valence-corrected chi connectivity index (χ2v) is 5.61. The van der Waals surface area contributed by atoms with Crippen LogP contribution in [-0.4, -0.2) is 24.4 Å². The Kier molecular flexibility index (Phi) is 4.94. The summed E-state index contributed by atoms with van der Waals surface area (Å²) in [6, 6.07) is 5.18. The van der Waals surface area contributed by atoms with Gasteiger partial charge in [-0.05, 0) is 17.7 Å². The molecule has 0 spiro atoms. The van der Waals surface area contributed by atoms with Crippen molar-refractivity contribution in [1.29, 1.82) is 0 Å². The second kappa shape index (κ2) is 6.03. The number of nitro benzene ring substituents is 1. The molecule has 0 radical (unpaired) electrons. The zero-order chi connectivity index (χ0) is 13.8. The number of nitro groups is 1. The third-order valence-corrected chi connectivity index (χ3v) is 4.43. The molecule has 0 bridgehead atoms. The molecule has 0 aromatic heterocycles. The van der Waals surface area contributed by atoms with E-state index >= 15 is 0 Å². The van der Waals surface area contributed by atoms with Crippen molar-refractivity contribution in [2.75, 3.05) is 14.2 Å². The third-order valence-electron chi connectivity index (χ3n) is 2.37. The van der Waals surface area contributed by atoms with Gasteiger partial charge in [-0.15, -0.1) is 0 Å². The van der Waals surface area contributed by atoms with E-state index in [0.29, 0.717) is 5.56 Å². The molecule has 9 heteroatoms. The van der Waals surface area contributed by atoms with Crippen molar-refractivity contribution in [3.8, 4) is 0 Å². The molecule has 0 fully saturated rings. The van der Waals surface area contributed by atoms with Crippen LogP contribution in [0.5, 0.6) is 0 Å². The van der Waals surface area contributed by atoms with Crippen LogP contribution in [0.1, 0.15) is 11.3 Å². The SMILES string of the molecule is COP(=O)(OC)C(NO)c1ccc([N+](=O)[O-])cc1. The Bertz CT molecular complexity index is 455. The van der Waals surface area contributed by atoms with Gasteiger partial charge in [-0.2, -0.15) is 5.48 Å². The van der Waals surface area contributed by atoms with Crippen molar-refractivity contribution in [2.24, 2.45) is 0 Å². The molecule has 0 aliphatic carbocycles. The summed E-state index contributed by atoms with van der Waals surface area (Å²) in [5.41, 5.74) is 2.06. The van der Waals surface area contributed by atoms with Gasteiger partial charge in [0.25, 0.3) is 5.69 Å². The molecule has 1 aromatic rings. The van der Waals surface area contributed by atoms with Crippen molar-refractivity contribution in [3.63, 3.8) is 0 Å². The highest BCUT2D eigenvalue weighted by atomic mass is 31.2. The van der Waals surface area contributed by atoms with Gasteiger partial charge in [-0.3, -0.25) is 14.7 Å². The van der Waals surface area contributed by atoms with Crippen molar-refractivity contribution in [3.05, 3.63) is 39.9 Å². The molecule has 0 heterocycles. The molecular weight excluding hydrogens is 263 g/mol. The number of hydrogen-bond acceptors (Lipinski definition) is 7. The highest BCUT2D eigenvalue weighted by Crippen LogP contribution is 2.58. The average Bonchev–Trinajstić information content (AvgIpc) is 2.39. The Labute approximate surface area is 103 Å². The van der Waals surface area contributed by atoms with Crippen LogP contribution in [0.2, 0.25) is 0 Å². The van der Waals surface area contributed by atoms with E-state index < -0.39 is 18.3 Å². The largest absolute Gasteiger partial charge is 0.353 e. The van der Waals surface area contributed by atoms with Gasteiger partial charge in [0, 0.05) is 26.4 Å². The fraction of sp³-hybridized carbons (Fsp3) is 0.333. The average molecular weight is 276 g/mol. The summed E-state index contributed by atoms with van der Waals surface area (Å²) >= 11 is 0. The van der Waals surface area contributed by atoms with Crippen LogP contribution in [0, 0.1) is 10.1 Å². The Hall–Kier alpha value is -1.31. The lowest BCUT2D eigenvalue weighted by Gasteiger charge is -2.22. The zero-order valence-corrected chi connectivity index (χ0v) is 10.7. The van der Waals surface area contributed by atoms with Gasteiger partial charge in [0.2, 0.25) is 0 Å². The first-order chi connectivity index (χ1) is 8.48. The molecular formula is C9H13N2O6P. The maximum absolute atomic E-state index is 12.1. The topological polar surface area (TPSA) is 111 Å². The predicted molar refractivity (Wildman–Crippen MR) is 62.4 cm³/mol. The first kappa shape index (κ1) is 14.7. The van der Waals surface area contributed by atoms with Gasteiger partial charge in [-0.25, -0.2) is 0 Å². The molecule has 0 amide bonds. The molecule has 1 aromatic carbocycles. The van der Waals surface area contributed by atoms with Gasteiger partial charge >= 0.3 is 7.60 Å². The Morgan fingerprint density at radius 2 is 1.83 bits per heavy atom. The van der Waals surface area contributed by atoms with Crippen LogP contribution in [-0.2, 0) is 13.6 Å². The van der Waals surface area contributed by atoms with Crippen LogP contribution in [0.25, 0.3) is 0 Å². The monoisotopic (exact) mass is 276 g/mol. The molecule has 1 rings (SSSR count). The number of benzene rings is 1. The van der Waals surface area contributed by atoms with Gasteiger partial charge in [0.1, 0.15) is 0 Å². The molecule has 0 saturated heterocycles. The standard InChI is InChI=1S/C9H13N2O6P/c1-16-18(15,17-2)9(10-12)7-3-5-8(6-4-7)11(13)14/h3-6,9-10,12H,1-2H3. The van der Waals surface area contributed by atoms with Crippen molar-refractivity contribution < 1.29 is 23.7 Å². The van der Waals surface area contributed by atoms with Gasteiger partial charge in [0.15, 0.2) is 5.78 Å². The maximum atomic E-state index is 12.1. The smallest absolute Gasteiger partial charge is 0.316 e. The molecule has 100 valence electrons. The Morgan fingerprint density at radius 3 is 2.17 bits per heavy atom. The Morgan fingerprint density at radius 1 is 1.33 bits per heavy atom. The zero-order valence-electron chi connectivity index (χ0n) is 9.77. The molecule has 0 saturated carbocycles. The summed E-state index contributed by atoms with van der Waals surface area (Å²) in [7, 11) is -1.22. The van der Waals surface area contributed by atoms with Crippen LogP contribution in [0.3, 0.4) is 0 Å². The van der Waals surface area contributed by atoms with Gasteiger partial charge in [0.05, 0.1) is 4.92 Å². The van der Waals surface area contributed by atoms with E-state index in [-0.39, 0.29) is 5.69 Å². The van der Waals surface area contributed by atoms with E-state index in [4.69, 9.17) is 14.3 Å². The summed E-state index contributed by atoms with van der Waals surface area (Å²) in [6.07, 6.45) is 0. The van der Waals surface area contributed by atoms with Crippen LogP contribution in [0.15, 0.2) is 24.3 Å². The normalized spacial score (nSPS) is 13.3. The van der Waals surface area contributed by atoms with E-state index in [1.807, 2.05) is 5.48 Å². The summed E-state index contributed by atoms with van der Waals surface area (Å²) in [6.45, 7) is 0. The number of nitrogens with one attached hydrogen (secondary N) is 1. The number of nitrogens with zero attached hydrogens (tertiary/aromatic N) is 1. The Balaban J connectivity index is 3.10. The number of hydroxylamine groups is 1. The summed E-state index contributed by atoms with van der Waals surface area (Å²) in [5.74, 6) is -1.12. The van der Waals surface area contributed by atoms with E-state index in [1.54, 1.807) is 0 Å². The fourth-order valence-corrected chi connectivity index (χ4v) is 2.64. The maximum Gasteiger partial charge on any atom is 0.353 e. The lowest BCUT2D eigenvalue weighted by Crippen LogP contribution is -2.18. The van der Waals surface area contributed by atoms with E-state index in [9.17, 15) is 14.7 Å². The molecule has 0 aliphatic rings. The van der Waals surface area contributed by atoms with E-state index in [1.165, 1.54) is 38.5 Å². The summed E-state index contributed by atoms with van der Waals surface area (Å²) in [4.78, 5) is 9.94.